The lowest BCUT2D eigenvalue weighted by atomic mass is 10.1. The SMILES string of the molecule is CCOc1ccc(/C=C2\SC(=S)N(c3ccc(C)cc3)C2=O)cc1OCC. The van der Waals surface area contributed by atoms with Crippen LogP contribution in [-0.4, -0.2) is 23.4 Å². The van der Waals surface area contributed by atoms with Crippen molar-refractivity contribution in [3.63, 3.8) is 0 Å². The van der Waals surface area contributed by atoms with Crippen LogP contribution < -0.4 is 14.4 Å². The van der Waals surface area contributed by atoms with E-state index < -0.39 is 0 Å². The summed E-state index contributed by atoms with van der Waals surface area (Å²) in [6.45, 7) is 6.97. The first-order valence-corrected chi connectivity index (χ1v) is 10.00. The van der Waals surface area contributed by atoms with E-state index in [0.29, 0.717) is 33.9 Å². The highest BCUT2D eigenvalue weighted by Gasteiger charge is 2.33. The largest absolute Gasteiger partial charge is 0.490 e. The van der Waals surface area contributed by atoms with Crippen LogP contribution in [0.4, 0.5) is 5.69 Å². The number of nitrogens with zero attached hydrogens (tertiary/aromatic N) is 1. The van der Waals surface area contributed by atoms with Crippen LogP contribution in [0.25, 0.3) is 6.08 Å². The van der Waals surface area contributed by atoms with Crippen LogP contribution in [0.1, 0.15) is 25.0 Å². The molecule has 1 fully saturated rings. The summed E-state index contributed by atoms with van der Waals surface area (Å²) < 4.78 is 11.8. The molecule has 1 saturated heterocycles. The van der Waals surface area contributed by atoms with Gasteiger partial charge in [-0.2, -0.15) is 0 Å². The summed E-state index contributed by atoms with van der Waals surface area (Å²) in [5.74, 6) is 1.26. The van der Waals surface area contributed by atoms with Crippen molar-refractivity contribution in [1.29, 1.82) is 0 Å². The molecule has 3 rings (SSSR count). The molecule has 4 nitrogen and oxygen atoms in total. The predicted molar refractivity (Wildman–Crippen MR) is 116 cm³/mol. The minimum atomic E-state index is -0.110. The Kier molecular flexibility index (Phi) is 6.19. The molecule has 1 heterocycles. The normalized spacial score (nSPS) is 15.5. The van der Waals surface area contributed by atoms with Gasteiger partial charge in [-0.15, -0.1) is 0 Å². The molecule has 140 valence electrons. The first-order valence-electron chi connectivity index (χ1n) is 8.77. The van der Waals surface area contributed by atoms with Gasteiger partial charge in [0.1, 0.15) is 0 Å². The number of rotatable bonds is 6. The number of hydrogen-bond acceptors (Lipinski definition) is 5. The van der Waals surface area contributed by atoms with Gasteiger partial charge in [-0.1, -0.05) is 47.7 Å². The Morgan fingerprint density at radius 3 is 2.37 bits per heavy atom. The van der Waals surface area contributed by atoms with Gasteiger partial charge in [0.15, 0.2) is 15.8 Å². The first kappa shape index (κ1) is 19.5. The summed E-state index contributed by atoms with van der Waals surface area (Å²) in [6, 6.07) is 13.4. The molecule has 27 heavy (non-hydrogen) atoms. The molecule has 2 aromatic rings. The average molecular weight is 400 g/mol. The number of benzene rings is 2. The third kappa shape index (κ3) is 4.34. The van der Waals surface area contributed by atoms with Crippen LogP contribution >= 0.6 is 24.0 Å². The number of thiocarbonyl (C=S) groups is 1. The fraction of sp³-hybridized carbons (Fsp3) is 0.238. The number of carbonyl (C=O) groups is 1. The van der Waals surface area contributed by atoms with Gasteiger partial charge in [-0.05, 0) is 56.7 Å². The van der Waals surface area contributed by atoms with E-state index in [0.717, 1.165) is 16.8 Å². The van der Waals surface area contributed by atoms with E-state index in [1.54, 1.807) is 4.90 Å². The third-order valence-electron chi connectivity index (χ3n) is 3.95. The molecular formula is C21H21NO3S2. The molecule has 1 amide bonds. The quantitative estimate of drug-likeness (QED) is 0.493. The van der Waals surface area contributed by atoms with Crippen LogP contribution in [0.2, 0.25) is 0 Å². The minimum absolute atomic E-state index is 0.110. The zero-order valence-electron chi connectivity index (χ0n) is 15.5. The maximum absolute atomic E-state index is 12.9. The van der Waals surface area contributed by atoms with Gasteiger partial charge in [-0.25, -0.2) is 0 Å². The molecule has 0 aliphatic carbocycles. The van der Waals surface area contributed by atoms with Gasteiger partial charge >= 0.3 is 0 Å². The van der Waals surface area contributed by atoms with E-state index in [9.17, 15) is 4.79 Å². The number of ether oxygens (including phenoxy) is 2. The van der Waals surface area contributed by atoms with E-state index in [2.05, 4.69) is 0 Å². The Balaban J connectivity index is 1.89. The highest BCUT2D eigenvalue weighted by atomic mass is 32.2. The van der Waals surface area contributed by atoms with Crippen molar-refractivity contribution < 1.29 is 14.3 Å². The van der Waals surface area contributed by atoms with Crippen LogP contribution in [0.15, 0.2) is 47.4 Å². The number of anilines is 1. The molecule has 0 bridgehead atoms. The van der Waals surface area contributed by atoms with Crippen molar-refractivity contribution in [2.75, 3.05) is 18.1 Å². The van der Waals surface area contributed by atoms with E-state index in [1.165, 1.54) is 11.8 Å². The number of thioether (sulfide) groups is 1. The lowest BCUT2D eigenvalue weighted by Crippen LogP contribution is -2.27. The smallest absolute Gasteiger partial charge is 0.270 e. The zero-order valence-corrected chi connectivity index (χ0v) is 17.2. The molecule has 6 heteroatoms. The summed E-state index contributed by atoms with van der Waals surface area (Å²) in [5, 5.41) is 0. The Labute approximate surface area is 169 Å². The fourth-order valence-corrected chi connectivity index (χ4v) is 3.99. The van der Waals surface area contributed by atoms with Gasteiger partial charge in [0.05, 0.1) is 23.8 Å². The second-order valence-corrected chi connectivity index (χ2v) is 7.60. The summed E-state index contributed by atoms with van der Waals surface area (Å²) >= 11 is 6.74. The first-order chi connectivity index (χ1) is 13.0. The highest BCUT2D eigenvalue weighted by molar-refractivity contribution is 8.27. The molecule has 1 aliphatic heterocycles. The highest BCUT2D eigenvalue weighted by Crippen LogP contribution is 2.37. The standard InChI is InChI=1S/C21H21NO3S2/c1-4-24-17-11-8-15(12-18(17)25-5-2)13-19-20(23)22(21(26)27-19)16-9-6-14(3)7-10-16/h6-13H,4-5H2,1-3H3/b19-13-. The lowest BCUT2D eigenvalue weighted by Gasteiger charge is -2.14. The lowest BCUT2D eigenvalue weighted by molar-refractivity contribution is -0.113. The number of carbonyl (C=O) groups excluding carboxylic acids is 1. The Morgan fingerprint density at radius 1 is 1.04 bits per heavy atom. The number of amides is 1. The Morgan fingerprint density at radius 2 is 1.70 bits per heavy atom. The molecule has 2 aromatic carbocycles. The summed E-state index contributed by atoms with van der Waals surface area (Å²) in [7, 11) is 0. The van der Waals surface area contributed by atoms with Crippen molar-refractivity contribution in [2.45, 2.75) is 20.8 Å². The molecule has 0 aromatic heterocycles. The summed E-state index contributed by atoms with van der Waals surface area (Å²) in [5.41, 5.74) is 2.79. The number of aryl methyl sites for hydroxylation is 1. The summed E-state index contributed by atoms with van der Waals surface area (Å²) in [4.78, 5) is 15.0. The average Bonchev–Trinajstić information content (AvgIpc) is 2.92. The van der Waals surface area contributed by atoms with Crippen molar-refractivity contribution in [1.82, 2.24) is 0 Å². The Hall–Kier alpha value is -2.31. The van der Waals surface area contributed by atoms with Crippen LogP contribution in [0.5, 0.6) is 11.5 Å². The third-order valence-corrected chi connectivity index (χ3v) is 5.25. The van der Waals surface area contributed by atoms with E-state index in [1.807, 2.05) is 69.3 Å². The van der Waals surface area contributed by atoms with Gasteiger partial charge < -0.3 is 9.47 Å². The molecule has 0 N–H and O–H groups in total. The van der Waals surface area contributed by atoms with Gasteiger partial charge in [0.2, 0.25) is 0 Å². The molecule has 0 unspecified atom stereocenters. The maximum atomic E-state index is 12.9. The fourth-order valence-electron chi connectivity index (χ4n) is 2.69. The van der Waals surface area contributed by atoms with Crippen LogP contribution in [-0.2, 0) is 4.79 Å². The molecule has 0 spiro atoms. The van der Waals surface area contributed by atoms with Crippen molar-refractivity contribution in [2.24, 2.45) is 0 Å². The second kappa shape index (κ2) is 8.59. The minimum Gasteiger partial charge on any atom is -0.490 e. The monoisotopic (exact) mass is 399 g/mol. The second-order valence-electron chi connectivity index (χ2n) is 5.92. The Bertz CT molecular complexity index is 891. The topological polar surface area (TPSA) is 38.8 Å². The number of hydrogen-bond donors (Lipinski definition) is 0. The van der Waals surface area contributed by atoms with Gasteiger partial charge in [-0.3, -0.25) is 9.69 Å². The molecule has 0 atom stereocenters. The molecule has 1 aliphatic rings. The molecule has 0 radical (unpaired) electrons. The van der Waals surface area contributed by atoms with E-state index in [-0.39, 0.29) is 5.91 Å². The predicted octanol–water partition coefficient (Wildman–Crippen LogP) is 5.20. The zero-order chi connectivity index (χ0) is 19.4. The van der Waals surface area contributed by atoms with Crippen molar-refractivity contribution >= 4 is 46.0 Å². The summed E-state index contributed by atoms with van der Waals surface area (Å²) in [6.07, 6.45) is 1.84. The van der Waals surface area contributed by atoms with Gasteiger partial charge in [0, 0.05) is 0 Å². The molecular weight excluding hydrogens is 378 g/mol. The van der Waals surface area contributed by atoms with Crippen molar-refractivity contribution in [3.05, 3.63) is 58.5 Å². The maximum Gasteiger partial charge on any atom is 0.270 e. The van der Waals surface area contributed by atoms with Crippen LogP contribution in [0.3, 0.4) is 0 Å². The van der Waals surface area contributed by atoms with Crippen molar-refractivity contribution in [3.8, 4) is 11.5 Å². The molecule has 0 saturated carbocycles. The van der Waals surface area contributed by atoms with E-state index in [4.69, 9.17) is 21.7 Å². The van der Waals surface area contributed by atoms with Gasteiger partial charge in [0.25, 0.3) is 5.91 Å². The van der Waals surface area contributed by atoms with Crippen LogP contribution in [0, 0.1) is 6.92 Å². The van der Waals surface area contributed by atoms with E-state index >= 15 is 0 Å².